The number of aliphatic hydroxyl groups excluding tert-OH is 1. The molecular weight excluding hydrogens is 368 g/mol. The van der Waals surface area contributed by atoms with Gasteiger partial charge in [-0.1, -0.05) is 0 Å². The molecule has 1 saturated heterocycles. The highest BCUT2D eigenvalue weighted by molar-refractivity contribution is 5.76. The van der Waals surface area contributed by atoms with Gasteiger partial charge in [0, 0.05) is 37.2 Å². The molecule has 2 bridgehead atoms. The van der Waals surface area contributed by atoms with Gasteiger partial charge in [0.15, 0.2) is 5.82 Å². The summed E-state index contributed by atoms with van der Waals surface area (Å²) in [7, 11) is 0. The number of nitriles is 1. The zero-order valence-electron chi connectivity index (χ0n) is 15.5. The number of hydrogen-bond acceptors (Lipinski definition) is 9. The van der Waals surface area contributed by atoms with Crippen molar-refractivity contribution in [3.8, 4) is 17.3 Å². The van der Waals surface area contributed by atoms with E-state index in [9.17, 15) is 5.11 Å². The first-order valence-corrected chi connectivity index (χ1v) is 9.34. The molecular formula is C20H18N8O. The average molecular weight is 386 g/mol. The van der Waals surface area contributed by atoms with Gasteiger partial charge in [-0.25, -0.2) is 15.0 Å². The van der Waals surface area contributed by atoms with Crippen molar-refractivity contribution in [3.63, 3.8) is 0 Å². The first-order valence-electron chi connectivity index (χ1n) is 9.34. The Kier molecular flexibility index (Phi) is 4.18. The Labute approximate surface area is 167 Å². The van der Waals surface area contributed by atoms with Gasteiger partial charge < -0.3 is 20.2 Å². The van der Waals surface area contributed by atoms with E-state index in [4.69, 9.17) is 10.2 Å². The third-order valence-electron chi connectivity index (χ3n) is 5.27. The Bertz CT molecular complexity index is 1070. The molecule has 0 radical (unpaired) electrons. The van der Waals surface area contributed by atoms with Crippen molar-refractivity contribution in [2.45, 2.75) is 18.8 Å². The first kappa shape index (κ1) is 17.3. The number of nitrogens with one attached hydrogen (secondary N) is 1. The molecule has 2 N–H and O–H groups in total. The molecule has 0 saturated carbocycles. The minimum absolute atomic E-state index is 0.142. The molecule has 9 nitrogen and oxygen atoms in total. The fraction of sp³-hybridized carbons (Fsp3) is 0.250. The number of anilines is 3. The molecule has 144 valence electrons. The van der Waals surface area contributed by atoms with Gasteiger partial charge in [-0.05, 0) is 30.7 Å². The number of hydrogen-bond donors (Lipinski definition) is 2. The Morgan fingerprint density at radius 1 is 1.17 bits per heavy atom. The summed E-state index contributed by atoms with van der Waals surface area (Å²) in [4.78, 5) is 21.4. The number of fused-ring (bicyclic) bond motifs is 4. The number of nitrogens with zero attached hydrogens (tertiary/aromatic N) is 7. The van der Waals surface area contributed by atoms with Crippen LogP contribution in [-0.4, -0.2) is 50.5 Å². The van der Waals surface area contributed by atoms with Gasteiger partial charge in [0.2, 0.25) is 6.35 Å². The molecule has 5 rings (SSSR count). The lowest BCUT2D eigenvalue weighted by molar-refractivity contribution is 0.184. The van der Waals surface area contributed by atoms with Crippen LogP contribution in [0.3, 0.4) is 0 Å². The summed E-state index contributed by atoms with van der Waals surface area (Å²) < 4.78 is 0. The maximum Gasteiger partial charge on any atom is 0.208 e. The molecule has 5 heterocycles. The van der Waals surface area contributed by atoms with Gasteiger partial charge in [-0.15, -0.1) is 0 Å². The quantitative estimate of drug-likeness (QED) is 0.645. The fourth-order valence-electron chi connectivity index (χ4n) is 3.90. The standard InChI is InChI=1S/C20H18N8O/c21-9-14-2-1-13(10-24-14)16-3-4-17-19(25-16)28(15-5-8-27(17)12-15)20(29)26-18-11-22-6-7-23-18/h1-4,6-7,10-11,15,20,29H,5,8,12H2,(H,23,26)/t15-,20?/m0/s1. The monoisotopic (exact) mass is 386 g/mol. The summed E-state index contributed by atoms with van der Waals surface area (Å²) in [5, 5.41) is 22.9. The molecule has 0 amide bonds. The Morgan fingerprint density at radius 2 is 2.10 bits per heavy atom. The van der Waals surface area contributed by atoms with Crippen LogP contribution in [0.25, 0.3) is 11.3 Å². The molecule has 3 aromatic rings. The number of rotatable bonds is 4. The highest BCUT2D eigenvalue weighted by atomic mass is 16.3. The second-order valence-corrected chi connectivity index (χ2v) is 6.99. The zero-order valence-corrected chi connectivity index (χ0v) is 15.5. The average Bonchev–Trinajstić information content (AvgIpc) is 3.18. The van der Waals surface area contributed by atoms with Crippen LogP contribution in [0.5, 0.6) is 0 Å². The van der Waals surface area contributed by atoms with Crippen molar-refractivity contribution < 1.29 is 5.11 Å². The van der Waals surface area contributed by atoms with Gasteiger partial charge in [-0.3, -0.25) is 4.98 Å². The molecule has 0 aromatic carbocycles. The summed E-state index contributed by atoms with van der Waals surface area (Å²) >= 11 is 0. The molecule has 2 aliphatic heterocycles. The summed E-state index contributed by atoms with van der Waals surface area (Å²) in [6, 6.07) is 9.64. The molecule has 1 fully saturated rings. The van der Waals surface area contributed by atoms with Crippen molar-refractivity contribution >= 4 is 17.3 Å². The molecule has 29 heavy (non-hydrogen) atoms. The third kappa shape index (κ3) is 3.09. The highest BCUT2D eigenvalue weighted by Crippen LogP contribution is 2.40. The van der Waals surface area contributed by atoms with Crippen molar-refractivity contribution in [1.29, 1.82) is 5.26 Å². The van der Waals surface area contributed by atoms with Crippen molar-refractivity contribution in [3.05, 3.63) is 54.7 Å². The van der Waals surface area contributed by atoms with Crippen LogP contribution in [0, 0.1) is 11.3 Å². The van der Waals surface area contributed by atoms with Crippen LogP contribution in [0.1, 0.15) is 12.1 Å². The maximum absolute atomic E-state index is 11.0. The molecule has 3 aromatic heterocycles. The molecule has 2 aliphatic rings. The smallest absolute Gasteiger partial charge is 0.208 e. The summed E-state index contributed by atoms with van der Waals surface area (Å²) in [6.07, 6.45) is 6.32. The largest absolute Gasteiger partial charge is 0.366 e. The summed E-state index contributed by atoms with van der Waals surface area (Å²) in [6.45, 7) is 1.76. The minimum Gasteiger partial charge on any atom is -0.366 e. The highest BCUT2D eigenvalue weighted by Gasteiger charge is 2.40. The number of pyridine rings is 2. The lowest BCUT2D eigenvalue weighted by Crippen LogP contribution is -2.51. The van der Waals surface area contributed by atoms with Crippen molar-refractivity contribution in [1.82, 2.24) is 19.9 Å². The molecule has 0 aliphatic carbocycles. The van der Waals surface area contributed by atoms with Gasteiger partial charge in [0.25, 0.3) is 0 Å². The molecule has 9 heteroatoms. The predicted molar refractivity (Wildman–Crippen MR) is 107 cm³/mol. The van der Waals surface area contributed by atoms with Crippen LogP contribution in [0.2, 0.25) is 0 Å². The first-order chi connectivity index (χ1) is 14.2. The molecule has 1 unspecified atom stereocenters. The third-order valence-corrected chi connectivity index (χ3v) is 5.27. The minimum atomic E-state index is -0.988. The van der Waals surface area contributed by atoms with E-state index in [0.717, 1.165) is 36.5 Å². The summed E-state index contributed by atoms with van der Waals surface area (Å²) in [5.74, 6) is 1.21. The van der Waals surface area contributed by atoms with Gasteiger partial charge in [0.1, 0.15) is 17.6 Å². The number of aliphatic hydroxyl groups is 1. The summed E-state index contributed by atoms with van der Waals surface area (Å²) in [5.41, 5.74) is 2.90. The lowest BCUT2D eigenvalue weighted by Gasteiger charge is -2.40. The van der Waals surface area contributed by atoms with Gasteiger partial charge in [0.05, 0.1) is 23.6 Å². The second kappa shape index (κ2) is 7.00. The van der Waals surface area contributed by atoms with E-state index in [2.05, 4.69) is 25.2 Å². The van der Waals surface area contributed by atoms with Crippen molar-refractivity contribution in [2.24, 2.45) is 0 Å². The van der Waals surface area contributed by atoms with Gasteiger partial charge in [-0.2, -0.15) is 5.26 Å². The normalized spacial score (nSPS) is 18.1. The van der Waals surface area contributed by atoms with E-state index in [1.54, 1.807) is 30.9 Å². The van der Waals surface area contributed by atoms with E-state index in [-0.39, 0.29) is 6.04 Å². The second-order valence-electron chi connectivity index (χ2n) is 6.99. The Hall–Kier alpha value is -3.77. The SMILES string of the molecule is N#Cc1ccc(-c2ccc3c(n2)N(C(O)Nc2cnccn2)[C@H]2CCN3C2)cn1. The van der Waals surface area contributed by atoms with Crippen LogP contribution in [0.15, 0.2) is 49.1 Å². The van der Waals surface area contributed by atoms with E-state index in [0.29, 0.717) is 17.3 Å². The van der Waals surface area contributed by atoms with Crippen LogP contribution in [-0.2, 0) is 0 Å². The fourth-order valence-corrected chi connectivity index (χ4v) is 3.90. The molecule has 0 spiro atoms. The van der Waals surface area contributed by atoms with E-state index in [1.807, 2.05) is 29.2 Å². The van der Waals surface area contributed by atoms with E-state index in [1.165, 1.54) is 0 Å². The van der Waals surface area contributed by atoms with Crippen LogP contribution >= 0.6 is 0 Å². The zero-order chi connectivity index (χ0) is 19.8. The maximum atomic E-state index is 11.0. The van der Waals surface area contributed by atoms with E-state index < -0.39 is 6.35 Å². The number of aromatic nitrogens is 4. The predicted octanol–water partition coefficient (Wildman–Crippen LogP) is 1.59. The topological polar surface area (TPSA) is 114 Å². The lowest BCUT2D eigenvalue weighted by atomic mass is 10.1. The van der Waals surface area contributed by atoms with E-state index >= 15 is 0 Å². The van der Waals surface area contributed by atoms with Gasteiger partial charge >= 0.3 is 0 Å². The Balaban J connectivity index is 1.52. The molecule has 2 atom stereocenters. The van der Waals surface area contributed by atoms with Crippen LogP contribution in [0.4, 0.5) is 17.3 Å². The van der Waals surface area contributed by atoms with Crippen LogP contribution < -0.4 is 15.1 Å². The van der Waals surface area contributed by atoms with Crippen molar-refractivity contribution in [2.75, 3.05) is 28.2 Å². The Morgan fingerprint density at radius 3 is 2.86 bits per heavy atom.